The Hall–Kier alpha value is -4.17. The molecule has 1 amide bonds. The van der Waals surface area contributed by atoms with Gasteiger partial charge in [0.25, 0.3) is 11.7 Å². The molecule has 0 aliphatic carbocycles. The average molecular weight is 538 g/mol. The molecule has 0 aromatic heterocycles. The Morgan fingerprint density at radius 3 is 2.03 bits per heavy atom. The smallest absolute Gasteiger partial charge is 0.300 e. The summed E-state index contributed by atoms with van der Waals surface area (Å²) in [4.78, 5) is 28.3. The first-order valence-electron chi connectivity index (χ1n) is 11.8. The molecule has 1 aliphatic heterocycles. The van der Waals surface area contributed by atoms with Crippen molar-refractivity contribution < 1.29 is 33.6 Å². The molecule has 1 aliphatic rings. The number of hydrogen-bond acceptors (Lipinski definition) is 7. The molecule has 1 heterocycles. The summed E-state index contributed by atoms with van der Waals surface area (Å²) in [5.74, 6) is -0.345. The van der Waals surface area contributed by atoms with E-state index >= 15 is 0 Å². The van der Waals surface area contributed by atoms with Gasteiger partial charge in [0, 0.05) is 11.8 Å². The maximum atomic E-state index is 13.5. The van der Waals surface area contributed by atoms with E-state index in [1.165, 1.54) is 31.3 Å². The average Bonchev–Trinajstić information content (AvgIpc) is 3.18. The van der Waals surface area contributed by atoms with Gasteiger partial charge in [-0.1, -0.05) is 23.7 Å². The molecule has 3 aromatic rings. The third-order valence-electron chi connectivity index (χ3n) is 6.09. The van der Waals surface area contributed by atoms with Gasteiger partial charge in [0.1, 0.15) is 28.8 Å². The van der Waals surface area contributed by atoms with Gasteiger partial charge in [-0.15, -0.1) is 0 Å². The molecule has 0 saturated carbocycles. The monoisotopic (exact) mass is 537 g/mol. The van der Waals surface area contributed by atoms with Crippen molar-refractivity contribution in [3.8, 4) is 23.0 Å². The van der Waals surface area contributed by atoms with Gasteiger partial charge in [-0.25, -0.2) is 0 Å². The summed E-state index contributed by atoms with van der Waals surface area (Å²) in [6.45, 7) is 3.83. The van der Waals surface area contributed by atoms with Crippen molar-refractivity contribution in [1.82, 2.24) is 0 Å². The third-order valence-corrected chi connectivity index (χ3v) is 6.39. The molecule has 1 unspecified atom stereocenters. The fraction of sp³-hybridized carbons (Fsp3) is 0.241. The number of Topliss-reactive ketones (excluding diaryl/α,β-unsaturated/α-hetero) is 1. The van der Waals surface area contributed by atoms with Crippen molar-refractivity contribution >= 4 is 34.7 Å². The van der Waals surface area contributed by atoms with E-state index in [-0.39, 0.29) is 33.8 Å². The van der Waals surface area contributed by atoms with Crippen LogP contribution in [0.2, 0.25) is 5.02 Å². The van der Waals surface area contributed by atoms with E-state index in [2.05, 4.69) is 0 Å². The lowest BCUT2D eigenvalue weighted by atomic mass is 9.94. The number of methoxy groups -OCH3 is 3. The predicted octanol–water partition coefficient (Wildman–Crippen LogP) is 5.78. The van der Waals surface area contributed by atoms with E-state index < -0.39 is 23.5 Å². The Morgan fingerprint density at radius 1 is 0.868 bits per heavy atom. The molecule has 198 valence electrons. The molecule has 1 fully saturated rings. The van der Waals surface area contributed by atoms with E-state index in [0.717, 1.165) is 0 Å². The lowest BCUT2D eigenvalue weighted by Crippen LogP contribution is -2.29. The second-order valence-corrected chi connectivity index (χ2v) is 9.20. The van der Waals surface area contributed by atoms with Gasteiger partial charge in [-0.05, 0) is 61.9 Å². The van der Waals surface area contributed by atoms with Crippen LogP contribution in [0.3, 0.4) is 0 Å². The standard InChI is InChI=1S/C29H28ClNO7/c1-16(2)38-20-12-8-18(9-13-20)31-26(17-6-10-19(35-3)11-7-17)25(28(33)29(31)34)27(32)21-14-24(37-5)22(30)15-23(21)36-4/h6-16,26,32H,1-5H3/b27-25+. The van der Waals surface area contributed by atoms with Gasteiger partial charge in [-0.2, -0.15) is 0 Å². The second kappa shape index (κ2) is 11.1. The fourth-order valence-electron chi connectivity index (χ4n) is 4.35. The number of hydrogen-bond donors (Lipinski definition) is 1. The summed E-state index contributed by atoms with van der Waals surface area (Å²) in [5.41, 5.74) is 1.11. The number of nitrogens with zero attached hydrogens (tertiary/aromatic N) is 1. The number of anilines is 1. The van der Waals surface area contributed by atoms with Gasteiger partial charge in [0.15, 0.2) is 0 Å². The number of benzene rings is 3. The minimum absolute atomic E-state index is 0.0271. The molecule has 8 nitrogen and oxygen atoms in total. The lowest BCUT2D eigenvalue weighted by Gasteiger charge is -2.26. The minimum atomic E-state index is -0.941. The van der Waals surface area contributed by atoms with Crippen LogP contribution in [-0.2, 0) is 9.59 Å². The number of ketones is 1. The number of carbonyl (C=O) groups excluding carboxylic acids is 2. The largest absolute Gasteiger partial charge is 0.507 e. The van der Waals surface area contributed by atoms with Crippen molar-refractivity contribution in [1.29, 1.82) is 0 Å². The zero-order valence-corrected chi connectivity index (χ0v) is 22.4. The molecular formula is C29H28ClNO7. The molecule has 3 aromatic carbocycles. The summed E-state index contributed by atoms with van der Waals surface area (Å²) in [5, 5.41) is 11.8. The van der Waals surface area contributed by atoms with E-state index in [1.807, 2.05) is 13.8 Å². The molecule has 1 saturated heterocycles. The molecular weight excluding hydrogens is 510 g/mol. The Kier molecular flexibility index (Phi) is 7.83. The van der Waals surface area contributed by atoms with Gasteiger partial charge < -0.3 is 24.1 Å². The van der Waals surface area contributed by atoms with Crippen LogP contribution < -0.4 is 23.8 Å². The van der Waals surface area contributed by atoms with Crippen molar-refractivity contribution in [3.05, 3.63) is 82.4 Å². The zero-order chi connectivity index (χ0) is 27.6. The highest BCUT2D eigenvalue weighted by molar-refractivity contribution is 6.51. The molecule has 38 heavy (non-hydrogen) atoms. The van der Waals surface area contributed by atoms with Crippen LogP contribution in [0.25, 0.3) is 5.76 Å². The highest BCUT2D eigenvalue weighted by Gasteiger charge is 2.47. The molecule has 1 atom stereocenters. The summed E-state index contributed by atoms with van der Waals surface area (Å²) in [7, 11) is 4.39. The molecule has 0 spiro atoms. The molecule has 0 bridgehead atoms. The van der Waals surface area contributed by atoms with E-state index in [4.69, 9.17) is 30.5 Å². The zero-order valence-electron chi connectivity index (χ0n) is 21.7. The normalized spacial score (nSPS) is 16.6. The number of ether oxygens (including phenoxy) is 4. The predicted molar refractivity (Wildman–Crippen MR) is 145 cm³/mol. The lowest BCUT2D eigenvalue weighted by molar-refractivity contribution is -0.132. The van der Waals surface area contributed by atoms with Crippen molar-refractivity contribution in [2.45, 2.75) is 26.0 Å². The van der Waals surface area contributed by atoms with Crippen molar-refractivity contribution in [2.75, 3.05) is 26.2 Å². The molecule has 1 N–H and O–H groups in total. The minimum Gasteiger partial charge on any atom is -0.507 e. The maximum absolute atomic E-state index is 13.5. The molecule has 0 radical (unpaired) electrons. The number of aliphatic hydroxyl groups is 1. The van der Waals surface area contributed by atoms with E-state index in [0.29, 0.717) is 22.7 Å². The summed E-state index contributed by atoms with van der Waals surface area (Å²) in [6.07, 6.45) is -0.0271. The van der Waals surface area contributed by atoms with Crippen LogP contribution in [0.1, 0.15) is 31.0 Å². The first kappa shape index (κ1) is 26.9. The van der Waals surface area contributed by atoms with Crippen LogP contribution >= 0.6 is 11.6 Å². The maximum Gasteiger partial charge on any atom is 0.300 e. The Bertz CT molecular complexity index is 1380. The summed E-state index contributed by atoms with van der Waals surface area (Å²) in [6, 6.07) is 15.8. The van der Waals surface area contributed by atoms with Crippen LogP contribution in [0.5, 0.6) is 23.0 Å². The van der Waals surface area contributed by atoms with Gasteiger partial charge in [-0.3, -0.25) is 14.5 Å². The van der Waals surface area contributed by atoms with Crippen LogP contribution in [0.15, 0.2) is 66.2 Å². The first-order valence-corrected chi connectivity index (χ1v) is 12.2. The second-order valence-electron chi connectivity index (χ2n) is 8.79. The van der Waals surface area contributed by atoms with Crippen molar-refractivity contribution in [3.63, 3.8) is 0 Å². The Morgan fingerprint density at radius 2 is 1.47 bits per heavy atom. The molecule has 9 heteroatoms. The Balaban J connectivity index is 1.93. The highest BCUT2D eigenvalue weighted by atomic mass is 35.5. The highest BCUT2D eigenvalue weighted by Crippen LogP contribution is 2.45. The summed E-state index contributed by atoms with van der Waals surface area (Å²) < 4.78 is 21.7. The van der Waals surface area contributed by atoms with Crippen LogP contribution in [-0.4, -0.2) is 44.2 Å². The fourth-order valence-corrected chi connectivity index (χ4v) is 4.58. The number of rotatable bonds is 8. The van der Waals surface area contributed by atoms with Crippen LogP contribution in [0, 0.1) is 0 Å². The topological polar surface area (TPSA) is 94.5 Å². The van der Waals surface area contributed by atoms with Gasteiger partial charge in [0.05, 0.1) is 49.6 Å². The Labute approximate surface area is 225 Å². The van der Waals surface area contributed by atoms with Crippen LogP contribution in [0.4, 0.5) is 5.69 Å². The first-order chi connectivity index (χ1) is 18.2. The van der Waals surface area contributed by atoms with Gasteiger partial charge in [0.2, 0.25) is 0 Å². The molecule has 4 rings (SSSR count). The number of halogens is 1. The van der Waals surface area contributed by atoms with E-state index in [1.54, 1.807) is 55.6 Å². The number of amides is 1. The van der Waals surface area contributed by atoms with Crippen molar-refractivity contribution in [2.24, 2.45) is 0 Å². The SMILES string of the molecule is COc1ccc(C2/C(=C(\O)c3cc(OC)c(Cl)cc3OC)C(=O)C(=O)N2c2ccc(OC(C)C)cc2)cc1. The van der Waals surface area contributed by atoms with Gasteiger partial charge >= 0.3 is 0 Å². The van der Waals surface area contributed by atoms with E-state index in [9.17, 15) is 14.7 Å². The third kappa shape index (κ3) is 4.99. The number of aliphatic hydroxyl groups excluding tert-OH is 1. The summed E-state index contributed by atoms with van der Waals surface area (Å²) >= 11 is 6.24. The quantitative estimate of drug-likeness (QED) is 0.221. The number of carbonyl (C=O) groups is 2.